The predicted octanol–water partition coefficient (Wildman–Crippen LogP) is 5.31. The first-order valence-corrected chi connectivity index (χ1v) is 12.1. The van der Waals surface area contributed by atoms with Crippen LogP contribution >= 0.6 is 11.9 Å². The summed E-state index contributed by atoms with van der Waals surface area (Å²) in [7, 11) is 1.90. The maximum Gasteiger partial charge on any atom is 0.201 e. The standard InChI is InChI=1S/C25H24F2N6OS/c1-3-8-35-32-18-6-5-17(26)21(22(18)27)23(34)16-12-30-24-15(16)9-14(11-29-24)13-4-7-20-19(10-13)31-25(28)33(20)2/h4-7,9-12,25,31-32H,3,8,28H2,1-2H3,(H,29,30). The minimum Gasteiger partial charge on any atom is -0.351 e. The summed E-state index contributed by atoms with van der Waals surface area (Å²) in [6.07, 6.45) is 3.70. The number of benzene rings is 2. The van der Waals surface area contributed by atoms with Gasteiger partial charge in [-0.2, -0.15) is 0 Å². The van der Waals surface area contributed by atoms with E-state index < -0.39 is 23.0 Å². The average molecular weight is 495 g/mol. The third-order valence-electron chi connectivity index (χ3n) is 6.01. The van der Waals surface area contributed by atoms with Gasteiger partial charge in [0.1, 0.15) is 11.5 Å². The summed E-state index contributed by atoms with van der Waals surface area (Å²) in [5.41, 5.74) is 9.60. The number of rotatable bonds is 7. The Labute approximate surface area is 205 Å². The first-order chi connectivity index (χ1) is 16.9. The van der Waals surface area contributed by atoms with Crippen LogP contribution in [0.3, 0.4) is 0 Å². The number of ketones is 1. The molecule has 2 aromatic carbocycles. The number of halogens is 2. The molecule has 1 aliphatic heterocycles. The van der Waals surface area contributed by atoms with Gasteiger partial charge in [0.15, 0.2) is 12.1 Å². The minimum atomic E-state index is -0.915. The Kier molecular flexibility index (Phi) is 6.08. The number of pyridine rings is 1. The van der Waals surface area contributed by atoms with E-state index in [1.165, 1.54) is 24.2 Å². The molecule has 5 rings (SSSR count). The smallest absolute Gasteiger partial charge is 0.201 e. The van der Waals surface area contributed by atoms with E-state index in [0.717, 1.165) is 40.7 Å². The highest BCUT2D eigenvalue weighted by molar-refractivity contribution is 8.00. The number of nitrogens with zero attached hydrogens (tertiary/aromatic N) is 2. The number of nitrogens with two attached hydrogens (primary N) is 1. The highest BCUT2D eigenvalue weighted by Gasteiger charge is 2.25. The van der Waals surface area contributed by atoms with Gasteiger partial charge < -0.3 is 19.9 Å². The fourth-order valence-electron chi connectivity index (χ4n) is 4.10. The number of carbonyl (C=O) groups is 1. The van der Waals surface area contributed by atoms with Crippen LogP contribution in [0, 0.1) is 11.6 Å². The van der Waals surface area contributed by atoms with Crippen LogP contribution in [0.25, 0.3) is 22.2 Å². The topological polar surface area (TPSA) is 99.1 Å². The molecular weight excluding hydrogens is 470 g/mol. The summed E-state index contributed by atoms with van der Waals surface area (Å²) in [5.74, 6) is -1.83. The first-order valence-electron chi connectivity index (χ1n) is 11.2. The summed E-state index contributed by atoms with van der Waals surface area (Å²) in [4.78, 5) is 22.6. The molecule has 7 nitrogen and oxygen atoms in total. The quantitative estimate of drug-likeness (QED) is 0.157. The van der Waals surface area contributed by atoms with Gasteiger partial charge in [-0.25, -0.2) is 13.8 Å². The third-order valence-corrected chi connectivity index (χ3v) is 6.99. The van der Waals surface area contributed by atoms with Crippen LogP contribution in [-0.2, 0) is 0 Å². The highest BCUT2D eigenvalue weighted by Crippen LogP contribution is 2.36. The van der Waals surface area contributed by atoms with Crippen LogP contribution in [0.1, 0.15) is 29.3 Å². The number of hydrogen-bond acceptors (Lipinski definition) is 7. The summed E-state index contributed by atoms with van der Waals surface area (Å²) in [5, 5.41) is 3.69. The molecule has 0 radical (unpaired) electrons. The Morgan fingerprint density at radius 1 is 1.23 bits per heavy atom. The normalized spacial score (nSPS) is 14.8. The highest BCUT2D eigenvalue weighted by atomic mass is 32.2. The molecule has 4 aromatic rings. The molecule has 0 bridgehead atoms. The molecule has 0 aliphatic carbocycles. The number of anilines is 3. The summed E-state index contributed by atoms with van der Waals surface area (Å²) in [6.45, 7) is 2.00. The van der Waals surface area contributed by atoms with Gasteiger partial charge in [-0.15, -0.1) is 0 Å². The van der Waals surface area contributed by atoms with Crippen LogP contribution in [0.15, 0.2) is 48.8 Å². The van der Waals surface area contributed by atoms with Gasteiger partial charge in [0.25, 0.3) is 0 Å². The fourth-order valence-corrected chi connectivity index (χ4v) is 4.72. The average Bonchev–Trinajstić information content (AvgIpc) is 3.40. The number of H-pyrrole nitrogens is 1. The van der Waals surface area contributed by atoms with Crippen molar-refractivity contribution in [3.63, 3.8) is 0 Å². The van der Waals surface area contributed by atoms with Crippen molar-refractivity contribution in [3.05, 3.63) is 71.6 Å². The van der Waals surface area contributed by atoms with Gasteiger partial charge in [0, 0.05) is 41.7 Å². The van der Waals surface area contributed by atoms with E-state index >= 15 is 4.39 Å². The lowest BCUT2D eigenvalue weighted by Crippen LogP contribution is -2.40. The fraction of sp³-hybridized carbons (Fsp3) is 0.200. The zero-order valence-corrected chi connectivity index (χ0v) is 20.0. The number of aromatic nitrogens is 2. The molecule has 0 amide bonds. The second kappa shape index (κ2) is 9.20. The van der Waals surface area contributed by atoms with E-state index in [2.05, 4.69) is 20.0 Å². The van der Waals surface area contributed by atoms with Crippen molar-refractivity contribution >= 4 is 45.8 Å². The van der Waals surface area contributed by atoms with E-state index in [9.17, 15) is 9.18 Å². The van der Waals surface area contributed by atoms with Crippen molar-refractivity contribution in [3.8, 4) is 11.1 Å². The summed E-state index contributed by atoms with van der Waals surface area (Å²) >= 11 is 1.30. The Balaban J connectivity index is 1.52. The lowest BCUT2D eigenvalue weighted by atomic mass is 9.99. The van der Waals surface area contributed by atoms with Crippen molar-refractivity contribution in [2.45, 2.75) is 19.6 Å². The van der Waals surface area contributed by atoms with Crippen LogP contribution in [0.2, 0.25) is 0 Å². The van der Waals surface area contributed by atoms with E-state index in [4.69, 9.17) is 5.73 Å². The monoisotopic (exact) mass is 494 g/mol. The van der Waals surface area contributed by atoms with Crippen molar-refractivity contribution in [1.82, 2.24) is 9.97 Å². The third kappa shape index (κ3) is 4.08. The molecule has 5 N–H and O–H groups in total. The van der Waals surface area contributed by atoms with Crippen molar-refractivity contribution in [2.24, 2.45) is 5.73 Å². The Hall–Kier alpha value is -3.63. The van der Waals surface area contributed by atoms with Gasteiger partial charge in [0.05, 0.1) is 22.6 Å². The van der Waals surface area contributed by atoms with Gasteiger partial charge in [-0.1, -0.05) is 24.9 Å². The molecule has 0 saturated heterocycles. The molecule has 10 heteroatoms. The largest absolute Gasteiger partial charge is 0.351 e. The Morgan fingerprint density at radius 3 is 2.86 bits per heavy atom. The Bertz CT molecular complexity index is 1440. The van der Waals surface area contributed by atoms with E-state index in [1.807, 2.05) is 37.1 Å². The van der Waals surface area contributed by atoms with Gasteiger partial charge in [-0.05, 0) is 42.3 Å². The maximum absolute atomic E-state index is 15.2. The molecule has 0 fully saturated rings. The lowest BCUT2D eigenvalue weighted by Gasteiger charge is -2.16. The second-order valence-corrected chi connectivity index (χ2v) is 9.22. The van der Waals surface area contributed by atoms with E-state index in [1.54, 1.807) is 12.3 Å². The van der Waals surface area contributed by atoms with Crippen molar-refractivity contribution in [1.29, 1.82) is 0 Å². The summed E-state index contributed by atoms with van der Waals surface area (Å²) < 4.78 is 32.7. The van der Waals surface area contributed by atoms with Gasteiger partial charge >= 0.3 is 0 Å². The molecule has 1 aliphatic rings. The van der Waals surface area contributed by atoms with E-state index in [0.29, 0.717) is 11.0 Å². The molecule has 1 atom stereocenters. The van der Waals surface area contributed by atoms with Crippen LogP contribution in [0.4, 0.5) is 25.8 Å². The zero-order valence-electron chi connectivity index (χ0n) is 19.2. The number of aromatic amines is 1. The van der Waals surface area contributed by atoms with Crippen molar-refractivity contribution < 1.29 is 13.6 Å². The molecule has 180 valence electrons. The SMILES string of the molecule is CCCSNc1ccc(F)c(C(=O)c2c[nH]c3ncc(-c4ccc5c(c4)NC(N)N5C)cc23)c1F. The van der Waals surface area contributed by atoms with Crippen LogP contribution in [0.5, 0.6) is 0 Å². The first kappa shape index (κ1) is 23.1. The molecule has 3 heterocycles. The van der Waals surface area contributed by atoms with Gasteiger partial charge in [-0.3, -0.25) is 10.5 Å². The molecule has 1 unspecified atom stereocenters. The molecule has 2 aromatic heterocycles. The lowest BCUT2D eigenvalue weighted by molar-refractivity contribution is 0.103. The number of fused-ring (bicyclic) bond motifs is 2. The molecule has 0 spiro atoms. The number of hydrogen-bond donors (Lipinski definition) is 4. The molecular formula is C25H24F2N6OS. The van der Waals surface area contributed by atoms with Crippen LogP contribution < -0.4 is 20.7 Å². The Morgan fingerprint density at radius 2 is 2.06 bits per heavy atom. The van der Waals surface area contributed by atoms with Crippen LogP contribution in [-0.4, -0.2) is 34.8 Å². The minimum absolute atomic E-state index is 0.0701. The zero-order chi connectivity index (χ0) is 24.7. The van der Waals surface area contributed by atoms with Gasteiger partial charge in [0.2, 0.25) is 5.78 Å². The maximum atomic E-state index is 15.2. The molecule has 0 saturated carbocycles. The van der Waals surface area contributed by atoms with Crippen molar-refractivity contribution in [2.75, 3.05) is 27.7 Å². The van der Waals surface area contributed by atoms with E-state index in [-0.39, 0.29) is 17.5 Å². The number of carbonyl (C=O) groups excluding carboxylic acids is 1. The number of nitrogens with one attached hydrogen (secondary N) is 3. The predicted molar refractivity (Wildman–Crippen MR) is 138 cm³/mol. The summed E-state index contributed by atoms with van der Waals surface area (Å²) in [6, 6.07) is 10.0. The second-order valence-electron chi connectivity index (χ2n) is 8.32. The molecule has 35 heavy (non-hydrogen) atoms.